The Morgan fingerprint density at radius 3 is 0.802 bits per heavy atom. The van der Waals surface area contributed by atoms with Gasteiger partial charge in [-0.25, -0.2) is 0 Å². The molecule has 5 heteroatoms. The van der Waals surface area contributed by atoms with Crippen LogP contribution in [0.1, 0.15) is 367 Å². The highest BCUT2D eigenvalue weighted by Gasteiger charge is 2.16. The molecule has 0 aliphatic rings. The van der Waals surface area contributed by atoms with Crippen LogP contribution < -0.4 is 0 Å². The lowest BCUT2D eigenvalue weighted by Gasteiger charge is -2.15. The molecule has 0 saturated carbocycles. The predicted molar refractivity (Wildman–Crippen MR) is 357 cm³/mol. The first-order valence-electron chi connectivity index (χ1n) is 35.6. The third-order valence-corrected chi connectivity index (χ3v) is 16.0. The van der Waals surface area contributed by atoms with E-state index >= 15 is 0 Å². The van der Waals surface area contributed by atoms with E-state index in [2.05, 4.69) is 98.9 Å². The standard InChI is InChI=1S/C76H136O5/c1-3-5-7-9-11-13-15-17-19-21-23-25-27-29-31-33-35-37-38-39-41-43-45-47-49-51-53-55-57-59-61-63-65-67-69-71-76(79)81-74(72-77)73-80-75(78)70-68-66-64-62-60-58-56-54-52-50-48-46-44-42-40-36-34-32-30-28-26-24-22-20-18-16-14-12-10-8-6-4-2/h5,7,11,13,17,19,23,25,29,31,35,37,39,41,74,77H,3-4,6,8-10,12,14-16,18,20-22,24,26-28,30,32-34,36,38,40,42-73H2,1-2H3/b7-5-,13-11-,19-17-,25-23-,31-29-,37-35-,41-39-. The molecule has 0 amide bonds. The first kappa shape index (κ1) is 78.1. The van der Waals surface area contributed by atoms with Gasteiger partial charge in [0.15, 0.2) is 6.10 Å². The van der Waals surface area contributed by atoms with Crippen LogP contribution in [0.25, 0.3) is 0 Å². The SMILES string of the molecule is CC/C=C\C/C=C\C/C=C\C/C=C\C/C=C\C/C=C\C/C=C\CCCCCCCCCCCCCCCC(=O)OC(CO)COC(=O)CCCCCCCCCCCCCCCCCCCCCCCCCCCCCCCCCC. The molecule has 0 aromatic heterocycles. The zero-order chi connectivity index (χ0) is 58.4. The van der Waals surface area contributed by atoms with Gasteiger partial charge < -0.3 is 14.6 Å². The number of rotatable bonds is 66. The molecule has 0 fully saturated rings. The number of aliphatic hydroxyl groups is 1. The van der Waals surface area contributed by atoms with E-state index in [0.717, 1.165) is 83.5 Å². The number of hydrogen-bond acceptors (Lipinski definition) is 5. The van der Waals surface area contributed by atoms with Gasteiger partial charge in [0.25, 0.3) is 0 Å². The molecule has 0 bridgehead atoms. The molecule has 0 heterocycles. The maximum atomic E-state index is 12.4. The van der Waals surface area contributed by atoms with Crippen molar-refractivity contribution in [2.45, 2.75) is 373 Å². The lowest BCUT2D eigenvalue weighted by molar-refractivity contribution is -0.161. The summed E-state index contributed by atoms with van der Waals surface area (Å²) in [5.74, 6) is -0.576. The molecular weight excluding hydrogens is 993 g/mol. The molecule has 0 saturated heterocycles. The zero-order valence-corrected chi connectivity index (χ0v) is 54.0. The van der Waals surface area contributed by atoms with Gasteiger partial charge in [0.05, 0.1) is 6.61 Å². The van der Waals surface area contributed by atoms with Crippen LogP contribution in [-0.2, 0) is 19.1 Å². The summed E-state index contributed by atoms with van der Waals surface area (Å²) in [6.45, 7) is 4.08. The average molecular weight is 1130 g/mol. The van der Waals surface area contributed by atoms with Crippen LogP contribution >= 0.6 is 0 Å². The summed E-state index contributed by atoms with van der Waals surface area (Å²) in [6, 6.07) is 0. The Bertz CT molecular complexity index is 1470. The van der Waals surface area contributed by atoms with Gasteiger partial charge in [-0.1, -0.05) is 369 Å². The zero-order valence-electron chi connectivity index (χ0n) is 54.0. The van der Waals surface area contributed by atoms with Gasteiger partial charge in [-0.05, 0) is 70.6 Å². The van der Waals surface area contributed by atoms with E-state index < -0.39 is 6.10 Å². The van der Waals surface area contributed by atoms with Crippen molar-refractivity contribution in [1.82, 2.24) is 0 Å². The van der Waals surface area contributed by atoms with Gasteiger partial charge in [-0.2, -0.15) is 0 Å². The largest absolute Gasteiger partial charge is 0.462 e. The molecule has 0 rings (SSSR count). The van der Waals surface area contributed by atoms with Crippen molar-refractivity contribution < 1.29 is 24.2 Å². The average Bonchev–Trinajstić information content (AvgIpc) is 3.47. The van der Waals surface area contributed by atoms with Crippen LogP contribution in [0, 0.1) is 0 Å². The molecule has 0 aliphatic carbocycles. The Labute approximate surface area is 505 Å². The number of hydrogen-bond donors (Lipinski definition) is 1. The fourth-order valence-corrected chi connectivity index (χ4v) is 10.7. The minimum absolute atomic E-state index is 0.0643. The fraction of sp³-hybridized carbons (Fsp3) is 0.789. The molecule has 1 unspecified atom stereocenters. The minimum Gasteiger partial charge on any atom is -0.462 e. The molecule has 0 spiro atoms. The summed E-state index contributed by atoms with van der Waals surface area (Å²) in [7, 11) is 0. The second kappa shape index (κ2) is 71.3. The lowest BCUT2D eigenvalue weighted by atomic mass is 10.0. The maximum Gasteiger partial charge on any atom is 0.306 e. The molecule has 1 N–H and O–H groups in total. The first-order valence-corrected chi connectivity index (χ1v) is 35.6. The van der Waals surface area contributed by atoms with Gasteiger partial charge in [-0.15, -0.1) is 0 Å². The minimum atomic E-state index is -0.776. The molecule has 0 radical (unpaired) electrons. The number of ether oxygens (including phenoxy) is 2. The van der Waals surface area contributed by atoms with Gasteiger partial charge in [0.1, 0.15) is 6.61 Å². The molecule has 1 atom stereocenters. The van der Waals surface area contributed by atoms with Crippen LogP contribution in [0.2, 0.25) is 0 Å². The van der Waals surface area contributed by atoms with E-state index in [1.54, 1.807) is 0 Å². The second-order valence-corrected chi connectivity index (χ2v) is 23.9. The van der Waals surface area contributed by atoms with Crippen LogP contribution in [0.15, 0.2) is 85.1 Å². The van der Waals surface area contributed by atoms with Crippen LogP contribution in [-0.4, -0.2) is 36.4 Å². The first-order chi connectivity index (χ1) is 40.1. The van der Waals surface area contributed by atoms with Crippen LogP contribution in [0.4, 0.5) is 0 Å². The number of esters is 2. The molecule has 81 heavy (non-hydrogen) atoms. The number of carbonyl (C=O) groups is 2. The Morgan fingerprint density at radius 1 is 0.296 bits per heavy atom. The second-order valence-electron chi connectivity index (χ2n) is 23.9. The van der Waals surface area contributed by atoms with E-state index in [1.807, 2.05) is 0 Å². The highest BCUT2D eigenvalue weighted by Crippen LogP contribution is 2.19. The van der Waals surface area contributed by atoms with Crippen molar-refractivity contribution in [3.05, 3.63) is 85.1 Å². The normalized spacial score (nSPS) is 12.7. The van der Waals surface area contributed by atoms with Crippen molar-refractivity contribution in [1.29, 1.82) is 0 Å². The summed E-state index contributed by atoms with van der Waals surface area (Å²) >= 11 is 0. The van der Waals surface area contributed by atoms with Gasteiger partial charge in [0, 0.05) is 12.8 Å². The Kier molecular flexibility index (Phi) is 68.8. The van der Waals surface area contributed by atoms with Crippen LogP contribution in [0.3, 0.4) is 0 Å². The number of aliphatic hydroxyl groups excluding tert-OH is 1. The van der Waals surface area contributed by atoms with Gasteiger partial charge in [-0.3, -0.25) is 9.59 Å². The van der Waals surface area contributed by atoms with Crippen molar-refractivity contribution in [3.8, 4) is 0 Å². The summed E-state index contributed by atoms with van der Waals surface area (Å²) in [6.07, 6.45) is 101. The molecule has 0 aliphatic heterocycles. The van der Waals surface area contributed by atoms with Gasteiger partial charge >= 0.3 is 11.9 Å². The van der Waals surface area contributed by atoms with Crippen molar-refractivity contribution in [2.75, 3.05) is 13.2 Å². The Balaban J connectivity index is 3.44. The van der Waals surface area contributed by atoms with Crippen molar-refractivity contribution in [3.63, 3.8) is 0 Å². The number of allylic oxidation sites excluding steroid dienone is 14. The van der Waals surface area contributed by atoms with E-state index in [-0.39, 0.29) is 25.2 Å². The van der Waals surface area contributed by atoms with E-state index in [1.165, 1.54) is 257 Å². The molecule has 5 nitrogen and oxygen atoms in total. The highest BCUT2D eigenvalue weighted by atomic mass is 16.6. The maximum absolute atomic E-state index is 12.4. The monoisotopic (exact) mass is 1130 g/mol. The highest BCUT2D eigenvalue weighted by molar-refractivity contribution is 5.70. The number of unbranched alkanes of at least 4 members (excludes halogenated alkanes) is 44. The smallest absolute Gasteiger partial charge is 0.306 e. The number of carbonyl (C=O) groups excluding carboxylic acids is 2. The van der Waals surface area contributed by atoms with Crippen molar-refractivity contribution in [2.24, 2.45) is 0 Å². The topological polar surface area (TPSA) is 72.8 Å². The van der Waals surface area contributed by atoms with E-state index in [9.17, 15) is 14.7 Å². The summed E-state index contributed by atoms with van der Waals surface area (Å²) in [5, 5.41) is 9.71. The quantitative estimate of drug-likeness (QED) is 0.0373. The molecule has 0 aromatic rings. The molecular formula is C76H136O5. The Hall–Kier alpha value is -2.92. The lowest BCUT2D eigenvalue weighted by Crippen LogP contribution is -2.28. The van der Waals surface area contributed by atoms with Gasteiger partial charge in [0.2, 0.25) is 0 Å². The summed E-state index contributed by atoms with van der Waals surface area (Å²) < 4.78 is 10.8. The fourth-order valence-electron chi connectivity index (χ4n) is 10.7. The summed E-state index contributed by atoms with van der Waals surface area (Å²) in [4.78, 5) is 24.7. The predicted octanol–water partition coefficient (Wildman–Crippen LogP) is 24.8. The molecule has 470 valence electrons. The van der Waals surface area contributed by atoms with Crippen molar-refractivity contribution >= 4 is 11.9 Å². The third-order valence-electron chi connectivity index (χ3n) is 16.0. The van der Waals surface area contributed by atoms with E-state index in [4.69, 9.17) is 9.47 Å². The van der Waals surface area contributed by atoms with Crippen LogP contribution in [0.5, 0.6) is 0 Å². The third kappa shape index (κ3) is 69.5. The Morgan fingerprint density at radius 2 is 0.531 bits per heavy atom. The summed E-state index contributed by atoms with van der Waals surface area (Å²) in [5.41, 5.74) is 0. The van der Waals surface area contributed by atoms with E-state index in [0.29, 0.717) is 12.8 Å². The molecule has 0 aromatic carbocycles.